The molecule has 14 heavy (non-hydrogen) atoms. The van der Waals surface area contributed by atoms with Crippen LogP contribution in [0.15, 0.2) is 12.4 Å². The fourth-order valence-corrected chi connectivity index (χ4v) is 1.00. The van der Waals surface area contributed by atoms with Crippen molar-refractivity contribution < 1.29 is 9.57 Å². The van der Waals surface area contributed by atoms with E-state index in [-0.39, 0.29) is 0 Å². The van der Waals surface area contributed by atoms with Crippen LogP contribution in [0.5, 0.6) is 0 Å². The third kappa shape index (κ3) is 3.87. The first-order chi connectivity index (χ1) is 6.86. The second-order valence-electron chi connectivity index (χ2n) is 2.87. The van der Waals surface area contributed by atoms with Gasteiger partial charge in [-0.25, -0.2) is 0 Å². The highest BCUT2D eigenvalue weighted by Crippen LogP contribution is 1.96. The summed E-state index contributed by atoms with van der Waals surface area (Å²) in [5.41, 5.74) is 3.96. The maximum absolute atomic E-state index is 5.11. The van der Waals surface area contributed by atoms with Crippen molar-refractivity contribution in [2.45, 2.75) is 20.0 Å². The maximum Gasteiger partial charge on any atom is 0.0916 e. The lowest BCUT2D eigenvalue weighted by atomic mass is 10.4. The number of ether oxygens (including phenoxy) is 1. The lowest BCUT2D eigenvalue weighted by Gasteiger charge is -2.02. The lowest BCUT2D eigenvalue weighted by Crippen LogP contribution is -2.16. The van der Waals surface area contributed by atoms with E-state index in [2.05, 4.69) is 17.5 Å². The molecule has 1 rings (SSSR count). The van der Waals surface area contributed by atoms with Gasteiger partial charge in [-0.05, 0) is 6.92 Å². The minimum absolute atomic E-state index is 0.554. The average Bonchev–Trinajstić information content (AvgIpc) is 2.65. The third-order valence-corrected chi connectivity index (χ3v) is 1.78. The van der Waals surface area contributed by atoms with Gasteiger partial charge >= 0.3 is 0 Å². The van der Waals surface area contributed by atoms with E-state index in [1.807, 2.05) is 17.1 Å². The summed E-state index contributed by atoms with van der Waals surface area (Å²) in [4.78, 5) is 5.11. The van der Waals surface area contributed by atoms with Crippen LogP contribution in [0.4, 0.5) is 0 Å². The first-order valence-electron chi connectivity index (χ1n) is 4.71. The normalized spacial score (nSPS) is 10.7. The molecule has 0 bridgehead atoms. The third-order valence-electron chi connectivity index (χ3n) is 1.78. The Morgan fingerprint density at radius 2 is 2.36 bits per heavy atom. The summed E-state index contributed by atoms with van der Waals surface area (Å²) in [6, 6.07) is 0. The summed E-state index contributed by atoms with van der Waals surface area (Å²) in [5.74, 6) is 0. The van der Waals surface area contributed by atoms with Gasteiger partial charge in [0.15, 0.2) is 0 Å². The molecule has 0 saturated carbocycles. The van der Waals surface area contributed by atoms with Gasteiger partial charge in [0.2, 0.25) is 0 Å². The summed E-state index contributed by atoms with van der Waals surface area (Å²) < 4.78 is 6.72. The topological polar surface area (TPSA) is 48.3 Å². The SMILES string of the molecule is CCn1cc(CNOCCOC)cn1. The Balaban J connectivity index is 2.12. The second kappa shape index (κ2) is 6.53. The van der Waals surface area contributed by atoms with Crippen LogP contribution >= 0.6 is 0 Å². The molecular formula is C9H17N3O2. The molecule has 5 nitrogen and oxygen atoms in total. The number of nitrogens with one attached hydrogen (secondary N) is 1. The van der Waals surface area contributed by atoms with Gasteiger partial charge in [-0.15, -0.1) is 0 Å². The summed E-state index contributed by atoms with van der Waals surface area (Å²) in [6.07, 6.45) is 3.82. The number of nitrogens with zero attached hydrogens (tertiary/aromatic N) is 2. The number of hydrogen-bond donors (Lipinski definition) is 1. The standard InChI is InChI=1S/C9H17N3O2/c1-3-12-8-9(6-10-12)7-11-14-5-4-13-2/h6,8,11H,3-5,7H2,1-2H3. The highest BCUT2D eigenvalue weighted by Gasteiger charge is 1.96. The summed E-state index contributed by atoms with van der Waals surface area (Å²) in [5, 5.41) is 4.15. The maximum atomic E-state index is 5.11. The quantitative estimate of drug-likeness (QED) is 0.515. The minimum atomic E-state index is 0.554. The zero-order valence-electron chi connectivity index (χ0n) is 8.69. The zero-order chi connectivity index (χ0) is 10.2. The Morgan fingerprint density at radius 1 is 1.50 bits per heavy atom. The van der Waals surface area contributed by atoms with Crippen molar-refractivity contribution in [2.24, 2.45) is 0 Å². The number of hydrogen-bond acceptors (Lipinski definition) is 4. The molecule has 0 saturated heterocycles. The van der Waals surface area contributed by atoms with Crippen molar-refractivity contribution in [3.05, 3.63) is 18.0 Å². The van der Waals surface area contributed by atoms with Gasteiger partial charge < -0.3 is 4.74 Å². The number of hydroxylamine groups is 1. The van der Waals surface area contributed by atoms with Gasteiger partial charge in [-0.2, -0.15) is 10.6 Å². The summed E-state index contributed by atoms with van der Waals surface area (Å²) >= 11 is 0. The molecular weight excluding hydrogens is 182 g/mol. The Kier molecular flexibility index (Phi) is 5.21. The molecule has 0 aromatic carbocycles. The van der Waals surface area contributed by atoms with Gasteiger partial charge in [0.05, 0.1) is 19.4 Å². The molecule has 1 aromatic rings. The van der Waals surface area contributed by atoms with Crippen LogP contribution < -0.4 is 5.48 Å². The fraction of sp³-hybridized carbons (Fsp3) is 0.667. The monoisotopic (exact) mass is 199 g/mol. The minimum Gasteiger partial charge on any atom is -0.382 e. The number of aryl methyl sites for hydroxylation is 1. The largest absolute Gasteiger partial charge is 0.382 e. The van der Waals surface area contributed by atoms with E-state index in [0.717, 1.165) is 12.1 Å². The average molecular weight is 199 g/mol. The molecule has 0 fully saturated rings. The fourth-order valence-electron chi connectivity index (χ4n) is 1.00. The molecule has 0 atom stereocenters. The second-order valence-corrected chi connectivity index (χ2v) is 2.87. The predicted molar refractivity (Wildman–Crippen MR) is 52.6 cm³/mol. The molecule has 0 aliphatic heterocycles. The molecule has 0 aliphatic rings. The molecule has 1 heterocycles. The van der Waals surface area contributed by atoms with Crippen molar-refractivity contribution in [1.82, 2.24) is 15.3 Å². The van der Waals surface area contributed by atoms with E-state index in [4.69, 9.17) is 9.57 Å². The first kappa shape index (κ1) is 11.2. The van der Waals surface area contributed by atoms with Crippen LogP contribution in [0.1, 0.15) is 12.5 Å². The first-order valence-corrected chi connectivity index (χ1v) is 4.71. The molecule has 1 aromatic heterocycles. The van der Waals surface area contributed by atoms with Crippen molar-refractivity contribution in [3.8, 4) is 0 Å². The smallest absolute Gasteiger partial charge is 0.0916 e. The van der Waals surface area contributed by atoms with Crippen molar-refractivity contribution >= 4 is 0 Å². The lowest BCUT2D eigenvalue weighted by molar-refractivity contribution is 0.00345. The van der Waals surface area contributed by atoms with Gasteiger partial charge in [-0.3, -0.25) is 9.52 Å². The van der Waals surface area contributed by atoms with Crippen LogP contribution in [-0.4, -0.2) is 30.1 Å². The molecule has 0 amide bonds. The van der Waals surface area contributed by atoms with Crippen LogP contribution in [0.2, 0.25) is 0 Å². The van der Waals surface area contributed by atoms with Gasteiger partial charge in [-0.1, -0.05) is 0 Å². The Bertz CT molecular complexity index is 250. The van der Waals surface area contributed by atoms with Gasteiger partial charge in [0.1, 0.15) is 0 Å². The number of aromatic nitrogens is 2. The van der Waals surface area contributed by atoms with Crippen molar-refractivity contribution in [2.75, 3.05) is 20.3 Å². The van der Waals surface area contributed by atoms with E-state index in [1.165, 1.54) is 0 Å². The molecule has 80 valence electrons. The van der Waals surface area contributed by atoms with Crippen molar-refractivity contribution in [1.29, 1.82) is 0 Å². The van der Waals surface area contributed by atoms with Crippen LogP contribution in [-0.2, 0) is 22.7 Å². The Morgan fingerprint density at radius 3 is 3.00 bits per heavy atom. The van der Waals surface area contributed by atoms with Crippen LogP contribution in [0.25, 0.3) is 0 Å². The zero-order valence-corrected chi connectivity index (χ0v) is 8.69. The molecule has 0 aliphatic carbocycles. The molecule has 0 spiro atoms. The van der Waals surface area contributed by atoms with E-state index in [1.54, 1.807) is 7.11 Å². The van der Waals surface area contributed by atoms with E-state index >= 15 is 0 Å². The van der Waals surface area contributed by atoms with E-state index < -0.39 is 0 Å². The molecule has 1 N–H and O–H groups in total. The number of rotatable bonds is 7. The van der Waals surface area contributed by atoms with E-state index in [9.17, 15) is 0 Å². The number of methoxy groups -OCH3 is 1. The van der Waals surface area contributed by atoms with Crippen LogP contribution in [0.3, 0.4) is 0 Å². The van der Waals surface area contributed by atoms with Crippen molar-refractivity contribution in [3.63, 3.8) is 0 Å². The van der Waals surface area contributed by atoms with Gasteiger partial charge in [0, 0.05) is 32.0 Å². The summed E-state index contributed by atoms with van der Waals surface area (Å²) in [6.45, 7) is 4.77. The molecule has 0 radical (unpaired) electrons. The Hall–Kier alpha value is -0.910. The van der Waals surface area contributed by atoms with Gasteiger partial charge in [0.25, 0.3) is 0 Å². The Labute approximate surface area is 84.0 Å². The van der Waals surface area contributed by atoms with Crippen LogP contribution in [0, 0.1) is 0 Å². The highest BCUT2D eigenvalue weighted by molar-refractivity contribution is 5.02. The van der Waals surface area contributed by atoms with E-state index in [0.29, 0.717) is 19.8 Å². The molecule has 0 unspecified atom stereocenters. The summed E-state index contributed by atoms with van der Waals surface area (Å²) in [7, 11) is 1.65. The molecule has 5 heteroatoms. The predicted octanol–water partition coefficient (Wildman–Crippen LogP) is 0.571. The highest BCUT2D eigenvalue weighted by atomic mass is 16.7.